The number of ether oxygens (including phenoxy) is 2. The van der Waals surface area contributed by atoms with Gasteiger partial charge in [0.25, 0.3) is 10.1 Å². The third-order valence-corrected chi connectivity index (χ3v) is 16.8. The van der Waals surface area contributed by atoms with Crippen molar-refractivity contribution in [3.8, 4) is 29.0 Å². The number of nitrogens with zero attached hydrogens (tertiary/aromatic N) is 15. The van der Waals surface area contributed by atoms with E-state index in [1.807, 2.05) is 35.2 Å². The summed E-state index contributed by atoms with van der Waals surface area (Å²) in [6, 6.07) is 12.0. The number of Topliss-reactive ketones (excluding diaryl/α,β-unsaturated/α-hetero) is 3. The number of diazo groups is 2. The van der Waals surface area contributed by atoms with Crippen molar-refractivity contribution >= 4 is 96.0 Å². The zero-order chi connectivity index (χ0) is 65.6. The quantitative estimate of drug-likeness (QED) is 0.0330. The van der Waals surface area contributed by atoms with Crippen LogP contribution in [0, 0.1) is 23.6 Å². The first-order valence-corrected chi connectivity index (χ1v) is 31.9. The first-order valence-electron chi connectivity index (χ1n) is 28.4. The smallest absolute Gasteiger partial charge is 0.446 e. The molecule has 1 aliphatic carbocycles. The average Bonchev–Trinajstić information content (AvgIpc) is 1.65. The fourth-order valence-electron chi connectivity index (χ4n) is 9.38. The molecule has 1 saturated carbocycles. The van der Waals surface area contributed by atoms with E-state index in [2.05, 4.69) is 69.0 Å². The number of urea groups is 1. The SMILES string of the molecule is CC(C)N(C)c1c([N+]#N)cnn1-c1nn2c(c1Cl)CCCC2.CC(C)Nc1c([N+]#N)cnn1-c1nn2c(c1Cl)CCCC2.CCOc1ccccc1OS(=O)(=O)NC(=O)Nc1nc(C)cc(OC)n1.COS(=O)(=O)c1ccc(C(=O)C2C(=O)CCCC2=O)cc1. The summed E-state index contributed by atoms with van der Waals surface area (Å²) in [4.78, 5) is 63.9. The van der Waals surface area contributed by atoms with Gasteiger partial charge in [0.05, 0.1) is 37.1 Å². The Hall–Kier alpha value is -9.08. The zero-order valence-electron chi connectivity index (χ0n) is 50.7. The minimum absolute atomic E-state index is 0.0527. The summed E-state index contributed by atoms with van der Waals surface area (Å²) >= 11 is 13.0. The third kappa shape index (κ3) is 16.6. The Morgan fingerprint density at radius 3 is 1.88 bits per heavy atom. The normalized spacial score (nSPS) is 13.8. The number of rotatable bonds is 17. The molecule has 30 nitrogen and oxygen atoms in total. The molecule has 0 spiro atoms. The Balaban J connectivity index is 0.000000171. The van der Waals surface area contributed by atoms with Crippen LogP contribution < -0.4 is 33.9 Å². The number of aromatic nitrogens is 10. The summed E-state index contributed by atoms with van der Waals surface area (Å²) in [5.41, 5.74) is 3.53. The number of amides is 2. The molecule has 7 heterocycles. The first kappa shape index (κ1) is 68.4. The minimum atomic E-state index is -4.45. The van der Waals surface area contributed by atoms with Crippen LogP contribution >= 0.6 is 23.2 Å². The van der Waals surface area contributed by atoms with Crippen LogP contribution in [0.1, 0.15) is 107 Å². The molecular formula is C56H68Cl2N18O12S2+2. The van der Waals surface area contributed by atoms with Gasteiger partial charge in [-0.05, 0) is 123 Å². The molecule has 34 heteroatoms. The maximum Gasteiger partial charge on any atom is 0.446 e. The lowest BCUT2D eigenvalue weighted by atomic mass is 9.82. The zero-order valence-corrected chi connectivity index (χ0v) is 53.9. The standard InChI is InChI=1S/C15H18N4O6S.C14H19ClN7.C14H14O6S.C13H17ClN7/c1-4-24-11-7-5-6-8-12(11)25-26(21,22)19-15(20)18-14-16-10(2)9-13(17-14)23-3;1-9(2)20(3)14-10(18-16)8-17-22(14)13-12(15)11-6-4-5-7-21(11)19-13;1-20-21(18,19)10-7-5-9(6-8-10)14(17)13-11(15)3-2-4-12(13)16;1-8(2)17-12-9(18-15)7-16-21(12)13-11(14)10-5-3-4-6-20(10)19-13/h5-9H,4H2,1-3H3,(H2,16,17,18,19,20);8-9H,4-7H2,1-3H3;5-8,13H,2-4H2,1H3;7-8,17H,3-6H2,1-2H3/q;+1;;+1. The molecular weight excluding hydrogens is 1250 g/mol. The summed E-state index contributed by atoms with van der Waals surface area (Å²) in [6.45, 7) is 13.6. The van der Waals surface area contributed by atoms with E-state index in [1.165, 1.54) is 49.8 Å². The van der Waals surface area contributed by atoms with E-state index in [0.29, 0.717) is 63.4 Å². The van der Waals surface area contributed by atoms with Crippen LogP contribution in [0.5, 0.6) is 17.4 Å². The van der Waals surface area contributed by atoms with E-state index in [4.69, 9.17) is 42.3 Å². The van der Waals surface area contributed by atoms with Crippen LogP contribution in [0.15, 0.2) is 71.9 Å². The highest BCUT2D eigenvalue weighted by molar-refractivity contribution is 7.86. The molecule has 90 heavy (non-hydrogen) atoms. The van der Waals surface area contributed by atoms with Gasteiger partial charge in [-0.15, -0.1) is 0 Å². The number of carbonyl (C=O) groups is 4. The van der Waals surface area contributed by atoms with Crippen molar-refractivity contribution in [3.63, 3.8) is 0 Å². The van der Waals surface area contributed by atoms with Crippen LogP contribution in [0.2, 0.25) is 10.0 Å². The Morgan fingerprint density at radius 1 is 0.778 bits per heavy atom. The second-order valence-electron chi connectivity index (χ2n) is 20.9. The molecule has 0 atom stereocenters. The topological polar surface area (TPSA) is 366 Å². The van der Waals surface area contributed by atoms with Crippen LogP contribution in [-0.4, -0.2) is 129 Å². The van der Waals surface area contributed by atoms with E-state index >= 15 is 0 Å². The lowest BCUT2D eigenvalue weighted by molar-refractivity contribution is -0.133. The number of anilines is 3. The lowest BCUT2D eigenvalue weighted by Gasteiger charge is -2.21. The van der Waals surface area contributed by atoms with Crippen molar-refractivity contribution in [1.82, 2.24) is 53.8 Å². The molecule has 0 bridgehead atoms. The molecule has 1 fully saturated rings. The first-order chi connectivity index (χ1) is 42.8. The Kier molecular flexibility index (Phi) is 23.1. The molecule has 5 aromatic heterocycles. The number of carbonyl (C=O) groups excluding carboxylic acids is 4. The largest absolute Gasteiger partial charge is 0.490 e. The fraction of sp³-hybridized carbons (Fsp3) is 0.429. The molecule has 2 aliphatic heterocycles. The van der Waals surface area contributed by atoms with E-state index in [9.17, 15) is 41.4 Å². The maximum absolute atomic E-state index is 12.2. The molecule has 3 aliphatic rings. The Labute approximate surface area is 529 Å². The molecule has 2 amide bonds. The lowest BCUT2D eigenvalue weighted by Crippen LogP contribution is -2.37. The molecule has 0 radical (unpaired) electrons. The molecule has 478 valence electrons. The average molecular weight is 1320 g/mol. The summed E-state index contributed by atoms with van der Waals surface area (Å²) in [6.07, 6.45) is 10.2. The van der Waals surface area contributed by atoms with E-state index < -0.39 is 38.2 Å². The maximum atomic E-state index is 12.2. The van der Waals surface area contributed by atoms with E-state index in [1.54, 1.807) is 52.2 Å². The van der Waals surface area contributed by atoms with Crippen molar-refractivity contribution in [2.24, 2.45) is 5.92 Å². The molecule has 7 aromatic rings. The van der Waals surface area contributed by atoms with Crippen molar-refractivity contribution in [2.45, 2.75) is 129 Å². The number of fused-ring (bicyclic) bond motifs is 2. The van der Waals surface area contributed by atoms with Crippen molar-refractivity contribution in [1.29, 1.82) is 10.8 Å². The number of benzene rings is 2. The summed E-state index contributed by atoms with van der Waals surface area (Å²) in [7, 11) is -3.92. The highest BCUT2D eigenvalue weighted by Crippen LogP contribution is 2.37. The van der Waals surface area contributed by atoms with Gasteiger partial charge in [-0.25, -0.2) is 14.5 Å². The van der Waals surface area contributed by atoms with Gasteiger partial charge in [0.1, 0.15) is 28.4 Å². The van der Waals surface area contributed by atoms with Gasteiger partial charge in [0.15, 0.2) is 50.4 Å². The van der Waals surface area contributed by atoms with Gasteiger partial charge >= 0.3 is 27.7 Å². The second-order valence-corrected chi connectivity index (χ2v) is 24.6. The van der Waals surface area contributed by atoms with Crippen molar-refractivity contribution < 1.29 is 53.9 Å². The van der Waals surface area contributed by atoms with E-state index in [0.717, 1.165) is 70.1 Å². The van der Waals surface area contributed by atoms with Crippen LogP contribution in [0.3, 0.4) is 0 Å². The Bertz CT molecular complexity index is 4060. The second kappa shape index (κ2) is 30.4. The van der Waals surface area contributed by atoms with Gasteiger partial charge in [0.2, 0.25) is 34.2 Å². The monoisotopic (exact) mass is 1320 g/mol. The number of para-hydroxylation sites is 2. The number of nitrogens with one attached hydrogen (secondary N) is 3. The molecule has 3 N–H and O–H groups in total. The summed E-state index contributed by atoms with van der Waals surface area (Å²) in [5, 5.41) is 42.7. The predicted octanol–water partition coefficient (Wildman–Crippen LogP) is 9.53. The molecule has 0 saturated heterocycles. The Morgan fingerprint density at radius 2 is 1.34 bits per heavy atom. The number of halogens is 2. The van der Waals surface area contributed by atoms with Gasteiger partial charge in [-0.3, -0.25) is 33.2 Å². The highest BCUT2D eigenvalue weighted by Gasteiger charge is 2.37. The van der Waals surface area contributed by atoms with Gasteiger partial charge < -0.3 is 23.9 Å². The summed E-state index contributed by atoms with van der Waals surface area (Å²) < 4.78 is 75.3. The third-order valence-electron chi connectivity index (χ3n) is 13.9. The summed E-state index contributed by atoms with van der Waals surface area (Å²) in [5.74, 6) is 0.143. The minimum Gasteiger partial charge on any atom is -0.490 e. The van der Waals surface area contributed by atoms with Gasteiger partial charge in [-0.2, -0.15) is 51.6 Å². The van der Waals surface area contributed by atoms with Gasteiger partial charge in [-0.1, -0.05) is 35.3 Å². The number of ketones is 3. The van der Waals surface area contributed by atoms with Crippen LogP contribution in [-0.2, 0) is 60.1 Å². The van der Waals surface area contributed by atoms with Crippen LogP contribution in [0.4, 0.5) is 33.8 Å². The fourth-order valence-corrected chi connectivity index (χ4v) is 11.4. The van der Waals surface area contributed by atoms with Gasteiger partial charge in [0, 0.05) is 62.4 Å². The number of hydrogen-bond donors (Lipinski definition) is 3. The number of methoxy groups -OCH3 is 1. The highest BCUT2D eigenvalue weighted by atomic mass is 35.5. The predicted molar refractivity (Wildman–Crippen MR) is 331 cm³/mol. The molecule has 10 rings (SSSR count). The van der Waals surface area contributed by atoms with Crippen molar-refractivity contribution in [3.05, 3.63) is 110 Å². The van der Waals surface area contributed by atoms with Crippen LogP contribution in [0.25, 0.3) is 21.6 Å². The van der Waals surface area contributed by atoms with E-state index in [-0.39, 0.29) is 70.3 Å². The molecule has 2 aromatic carbocycles. The van der Waals surface area contributed by atoms with Crippen molar-refractivity contribution in [2.75, 3.05) is 43.4 Å². The molecule has 0 unspecified atom stereocenters. The number of hydrogen-bond acceptors (Lipinski definition) is 22. The number of aryl methyl sites for hydroxylation is 3.